The number of benzene rings is 2. The van der Waals surface area contributed by atoms with Gasteiger partial charge in [-0.3, -0.25) is 0 Å². The number of likely N-dealkylation sites (N-methyl/N-ethyl adjacent to an activating group) is 1. The molecule has 0 amide bonds. The van der Waals surface area contributed by atoms with Gasteiger partial charge < -0.3 is 19.3 Å². The second kappa shape index (κ2) is 6.48. The number of phenolic OH excluding ortho intramolecular Hbond substituents is 1. The fourth-order valence-electron chi connectivity index (χ4n) is 4.60. The first-order valence-corrected chi connectivity index (χ1v) is 9.45. The third-order valence-electron chi connectivity index (χ3n) is 6.11. The van der Waals surface area contributed by atoms with E-state index in [1.807, 2.05) is 30.3 Å². The first kappa shape index (κ1) is 18.2. The minimum absolute atomic E-state index is 0.153. The van der Waals surface area contributed by atoms with Crippen LogP contribution >= 0.6 is 0 Å². The van der Waals surface area contributed by atoms with E-state index in [1.165, 1.54) is 11.3 Å². The predicted octanol–water partition coefficient (Wildman–Crippen LogP) is 5.00. The first-order chi connectivity index (χ1) is 13.4. The molecule has 0 bridgehead atoms. The zero-order valence-corrected chi connectivity index (χ0v) is 16.8. The molecular weight excluding hydrogens is 348 g/mol. The molecule has 144 valence electrons. The van der Waals surface area contributed by atoms with Gasteiger partial charge in [0.15, 0.2) is 11.5 Å². The molecule has 4 nitrogen and oxygen atoms in total. The van der Waals surface area contributed by atoms with Crippen molar-refractivity contribution in [1.29, 1.82) is 0 Å². The van der Waals surface area contributed by atoms with E-state index in [2.05, 4.69) is 73.1 Å². The fourth-order valence-corrected chi connectivity index (χ4v) is 4.60. The Bertz CT molecular complexity index is 1020. The van der Waals surface area contributed by atoms with E-state index in [1.54, 1.807) is 13.2 Å². The van der Waals surface area contributed by atoms with Crippen LogP contribution in [0.1, 0.15) is 25.0 Å². The molecule has 0 aliphatic carbocycles. The number of aromatic nitrogens is 1. The molecule has 3 aromatic rings. The highest BCUT2D eigenvalue weighted by atomic mass is 16.5. The van der Waals surface area contributed by atoms with Crippen molar-refractivity contribution in [3.63, 3.8) is 0 Å². The summed E-state index contributed by atoms with van der Waals surface area (Å²) in [4.78, 5) is 2.32. The second-order valence-electron chi connectivity index (χ2n) is 7.75. The summed E-state index contributed by atoms with van der Waals surface area (Å²) in [5.41, 5.74) is 2.57. The average Bonchev–Trinajstić information content (AvgIpc) is 3.28. The molecule has 0 fully saturated rings. The van der Waals surface area contributed by atoms with Crippen LogP contribution in [0.5, 0.6) is 11.5 Å². The monoisotopic (exact) mass is 374 g/mol. The van der Waals surface area contributed by atoms with Crippen LogP contribution in [0.25, 0.3) is 6.08 Å². The van der Waals surface area contributed by atoms with E-state index in [9.17, 15) is 5.11 Å². The van der Waals surface area contributed by atoms with Crippen molar-refractivity contribution in [2.24, 2.45) is 0 Å². The van der Waals surface area contributed by atoms with E-state index in [0.717, 1.165) is 5.56 Å². The van der Waals surface area contributed by atoms with Crippen molar-refractivity contribution in [1.82, 2.24) is 4.57 Å². The maximum absolute atomic E-state index is 10.6. The van der Waals surface area contributed by atoms with Gasteiger partial charge in [-0.1, -0.05) is 50.3 Å². The molecule has 0 spiro atoms. The van der Waals surface area contributed by atoms with Crippen LogP contribution in [0.15, 0.2) is 73.1 Å². The molecule has 0 saturated carbocycles. The molecule has 1 unspecified atom stereocenters. The minimum Gasteiger partial charge on any atom is -0.504 e. The van der Waals surface area contributed by atoms with Gasteiger partial charge in [-0.25, -0.2) is 0 Å². The molecule has 0 radical (unpaired) electrons. The van der Waals surface area contributed by atoms with Gasteiger partial charge in [0.1, 0.15) is 5.66 Å². The largest absolute Gasteiger partial charge is 0.504 e. The van der Waals surface area contributed by atoms with E-state index in [0.29, 0.717) is 5.75 Å². The van der Waals surface area contributed by atoms with E-state index >= 15 is 0 Å². The summed E-state index contributed by atoms with van der Waals surface area (Å²) < 4.78 is 7.50. The van der Waals surface area contributed by atoms with E-state index in [4.69, 9.17) is 4.74 Å². The summed E-state index contributed by atoms with van der Waals surface area (Å²) in [5.74, 6) is 0.624. The fraction of sp³-hybridized carbons (Fsp3) is 0.250. The summed E-state index contributed by atoms with van der Waals surface area (Å²) in [7, 11) is 3.69. The number of fused-ring (bicyclic) bond motifs is 1. The molecule has 1 atom stereocenters. The lowest BCUT2D eigenvalue weighted by Crippen LogP contribution is -2.54. The van der Waals surface area contributed by atoms with Crippen LogP contribution in [0.4, 0.5) is 5.69 Å². The van der Waals surface area contributed by atoms with Gasteiger partial charge in [0, 0.05) is 36.1 Å². The van der Waals surface area contributed by atoms with Gasteiger partial charge in [-0.2, -0.15) is 0 Å². The third-order valence-corrected chi connectivity index (χ3v) is 6.11. The lowest BCUT2D eigenvalue weighted by atomic mass is 9.75. The maximum atomic E-state index is 10.6. The highest BCUT2D eigenvalue weighted by Gasteiger charge is 2.55. The zero-order chi connectivity index (χ0) is 19.9. The van der Waals surface area contributed by atoms with Crippen LogP contribution < -0.4 is 9.64 Å². The van der Waals surface area contributed by atoms with Crippen LogP contribution in [0, 0.1) is 0 Å². The predicted molar refractivity (Wildman–Crippen MR) is 114 cm³/mol. The maximum Gasteiger partial charge on any atom is 0.165 e. The van der Waals surface area contributed by atoms with E-state index < -0.39 is 5.66 Å². The number of rotatable bonds is 4. The van der Waals surface area contributed by atoms with Crippen molar-refractivity contribution < 1.29 is 9.84 Å². The summed E-state index contributed by atoms with van der Waals surface area (Å²) in [5, 5.41) is 10.6. The molecular formula is C24H26N2O2. The van der Waals surface area contributed by atoms with Crippen molar-refractivity contribution in [3.8, 4) is 11.5 Å². The number of hydrogen-bond acceptors (Lipinski definition) is 3. The molecule has 4 rings (SSSR count). The first-order valence-electron chi connectivity index (χ1n) is 9.45. The standard InChI is InChI=1S/C24H26N2O2/c1-23(2)19-11-5-6-12-20(19)25(3)24(23,26-16-7-8-17-26)15-14-18-10-9-13-21(28-4)22(18)27/h5-17,27H,1-4H3. The van der Waals surface area contributed by atoms with Crippen molar-refractivity contribution in [2.45, 2.75) is 24.9 Å². The summed E-state index contributed by atoms with van der Waals surface area (Å²) in [6.07, 6.45) is 8.36. The van der Waals surface area contributed by atoms with E-state index in [-0.39, 0.29) is 11.2 Å². The Balaban J connectivity index is 1.92. The van der Waals surface area contributed by atoms with Gasteiger partial charge in [0.05, 0.1) is 7.11 Å². The summed E-state index contributed by atoms with van der Waals surface area (Å²) in [6, 6.07) is 18.2. The molecule has 4 heteroatoms. The Morgan fingerprint density at radius 1 is 0.964 bits per heavy atom. The van der Waals surface area contributed by atoms with Crippen LogP contribution in [0.3, 0.4) is 0 Å². The molecule has 1 aliphatic heterocycles. The van der Waals surface area contributed by atoms with Gasteiger partial charge >= 0.3 is 0 Å². The third kappa shape index (κ3) is 2.37. The zero-order valence-electron chi connectivity index (χ0n) is 16.8. The Labute approximate surface area is 166 Å². The molecule has 0 saturated heterocycles. The number of methoxy groups -OCH3 is 1. The Morgan fingerprint density at radius 3 is 2.36 bits per heavy atom. The Kier molecular flexibility index (Phi) is 4.22. The smallest absolute Gasteiger partial charge is 0.165 e. The van der Waals surface area contributed by atoms with Gasteiger partial charge in [-0.15, -0.1) is 0 Å². The topological polar surface area (TPSA) is 37.6 Å². The van der Waals surface area contributed by atoms with Crippen molar-refractivity contribution in [3.05, 3.63) is 84.2 Å². The number of anilines is 1. The molecule has 2 aromatic carbocycles. The van der Waals surface area contributed by atoms with Crippen molar-refractivity contribution >= 4 is 11.8 Å². The van der Waals surface area contributed by atoms with Gasteiger partial charge in [0.25, 0.3) is 0 Å². The number of para-hydroxylation sites is 2. The number of hydrogen-bond donors (Lipinski definition) is 1. The lowest BCUT2D eigenvalue weighted by Gasteiger charge is -2.45. The number of ether oxygens (including phenoxy) is 1. The number of aromatic hydroxyl groups is 1. The SMILES string of the molecule is COc1cccc(C=CC2(n3cccc3)N(C)c3ccccc3C2(C)C)c1O. The Morgan fingerprint density at radius 2 is 1.68 bits per heavy atom. The average molecular weight is 374 g/mol. The normalized spacial score (nSPS) is 20.5. The summed E-state index contributed by atoms with van der Waals surface area (Å²) in [6.45, 7) is 4.54. The lowest BCUT2D eigenvalue weighted by molar-refractivity contribution is 0.238. The highest BCUT2D eigenvalue weighted by molar-refractivity contribution is 5.69. The van der Waals surface area contributed by atoms with Crippen LogP contribution in [-0.2, 0) is 11.1 Å². The Hall–Kier alpha value is -3.14. The number of nitrogens with zero attached hydrogens (tertiary/aromatic N) is 2. The molecule has 28 heavy (non-hydrogen) atoms. The molecule has 2 heterocycles. The van der Waals surface area contributed by atoms with Gasteiger partial charge in [0.2, 0.25) is 0 Å². The molecule has 1 aromatic heterocycles. The van der Waals surface area contributed by atoms with Crippen molar-refractivity contribution in [2.75, 3.05) is 19.1 Å². The summed E-state index contributed by atoms with van der Waals surface area (Å²) >= 11 is 0. The molecule has 1 aliphatic rings. The number of phenols is 1. The molecule has 1 N–H and O–H groups in total. The minimum atomic E-state index is -0.463. The van der Waals surface area contributed by atoms with Crippen LogP contribution in [0.2, 0.25) is 0 Å². The van der Waals surface area contributed by atoms with Crippen LogP contribution in [-0.4, -0.2) is 23.8 Å². The highest BCUT2D eigenvalue weighted by Crippen LogP contribution is 2.54. The second-order valence-corrected chi connectivity index (χ2v) is 7.75. The van der Waals surface area contributed by atoms with Gasteiger partial charge in [-0.05, 0) is 35.9 Å². The quantitative estimate of drug-likeness (QED) is 0.699.